The first-order valence-corrected chi connectivity index (χ1v) is 28.8. The first-order valence-electron chi connectivity index (χ1n) is 28.8. The van der Waals surface area contributed by atoms with Gasteiger partial charge in [0.1, 0.15) is 41.5 Å². The van der Waals surface area contributed by atoms with Gasteiger partial charge in [-0.15, -0.1) is 6.58 Å². The van der Waals surface area contributed by atoms with Crippen LogP contribution in [0, 0.1) is 33.7 Å². The van der Waals surface area contributed by atoms with Gasteiger partial charge in [0, 0.05) is 55.9 Å². The number of methoxy groups -OCH3 is 2. The Morgan fingerprint density at radius 3 is 2.20 bits per heavy atom. The minimum atomic E-state index is -1.68. The number of anilines is 1. The second kappa shape index (κ2) is 31.3. The number of carbonyl (C=O) groups excluding carboxylic acids is 2. The lowest BCUT2D eigenvalue weighted by molar-refractivity contribution is -0.384. The Morgan fingerprint density at radius 2 is 1.53 bits per heavy atom. The van der Waals surface area contributed by atoms with Crippen molar-refractivity contribution in [3.63, 3.8) is 0 Å². The topological polar surface area (TPSA) is 210 Å². The Bertz CT molecular complexity index is 2740. The smallest absolute Gasteiger partial charge is 0.417 e. The summed E-state index contributed by atoms with van der Waals surface area (Å²) in [7, 11) is 3.01. The summed E-state index contributed by atoms with van der Waals surface area (Å²) >= 11 is 0. The standard InChI is InChI=1S/C63H81FN4O13/c1-5-7-8-9-10-11-12-13-14-19-37-77-62(72)67(42-44-22-26-47(64)27-23-44)58-41-55(66-79-43-45-24-28-48(29-25-45)68(73)74)52-38-46(20-15-17-34-69)51(21-16-18-35-70)59-53-39-50(31-33-56(53)81-63(58,60(52)59)78-36-6-2)80-61(71)65-54-32-30-49(75-3)40-57(54)76-4/h6,22-33,38-40,46,51,58-60,69-70H,2,5,7-21,34-37,41-43H2,1,3-4H3,(H,65,71). The summed E-state index contributed by atoms with van der Waals surface area (Å²) in [6.07, 6.45) is 17.3. The molecule has 1 fully saturated rings. The van der Waals surface area contributed by atoms with Gasteiger partial charge in [-0.2, -0.15) is 0 Å². The van der Waals surface area contributed by atoms with E-state index in [4.69, 9.17) is 38.4 Å². The maximum Gasteiger partial charge on any atom is 0.417 e. The number of benzene rings is 4. The molecule has 7 rings (SSSR count). The molecule has 6 atom stereocenters. The number of hydrogen-bond donors (Lipinski definition) is 3. The van der Waals surface area contributed by atoms with E-state index in [1.807, 2.05) is 0 Å². The summed E-state index contributed by atoms with van der Waals surface area (Å²) in [6.45, 7) is 6.34. The van der Waals surface area contributed by atoms with Crippen molar-refractivity contribution >= 4 is 29.3 Å². The molecule has 6 unspecified atom stereocenters. The van der Waals surface area contributed by atoms with E-state index in [2.05, 4.69) is 24.9 Å². The number of allylic oxidation sites excluding steroid dienone is 1. The van der Waals surface area contributed by atoms with E-state index >= 15 is 4.79 Å². The molecule has 18 heteroatoms. The third kappa shape index (κ3) is 16.3. The molecule has 17 nitrogen and oxygen atoms in total. The number of fused-ring (bicyclic) bond motifs is 2. The third-order valence-electron chi connectivity index (χ3n) is 15.7. The van der Waals surface area contributed by atoms with Crippen molar-refractivity contribution in [1.82, 2.24) is 4.90 Å². The third-order valence-corrected chi connectivity index (χ3v) is 15.7. The van der Waals surface area contributed by atoms with Crippen molar-refractivity contribution < 1.29 is 62.4 Å². The Labute approximate surface area is 475 Å². The summed E-state index contributed by atoms with van der Waals surface area (Å²) in [6, 6.07) is 21.1. The number of nitro groups is 1. The quantitative estimate of drug-likeness (QED) is 0.0176. The molecule has 81 heavy (non-hydrogen) atoms. The summed E-state index contributed by atoms with van der Waals surface area (Å²) in [4.78, 5) is 47.9. The van der Waals surface area contributed by atoms with Gasteiger partial charge >= 0.3 is 12.2 Å². The summed E-state index contributed by atoms with van der Waals surface area (Å²) < 4.78 is 52.3. The number of carbonyl (C=O) groups is 2. The number of unbranched alkanes of at least 4 members (excludes halogenated alkanes) is 11. The molecule has 0 bridgehead atoms. The number of aliphatic hydroxyl groups excluding tert-OH is 2. The zero-order chi connectivity index (χ0) is 57.6. The van der Waals surface area contributed by atoms with E-state index in [9.17, 15) is 29.5 Å². The van der Waals surface area contributed by atoms with Crippen LogP contribution in [0.25, 0.3) is 0 Å². The molecule has 1 saturated carbocycles. The number of amides is 2. The SMILES string of the molecule is C=CCOC12Oc3ccc(OC(=O)Nc4ccc(OC)cc4OC)cc3C3C(CCCCO)C(CCCCO)C=C(C(=NOCc4ccc([N+](=O)[O-])cc4)CC1N(Cc1ccc(F)cc1)C(=O)OCCCCCCCCCCCC)C32. The van der Waals surface area contributed by atoms with Gasteiger partial charge in [0.25, 0.3) is 5.69 Å². The highest BCUT2D eigenvalue weighted by molar-refractivity contribution is 6.03. The second-order valence-corrected chi connectivity index (χ2v) is 21.1. The fourth-order valence-electron chi connectivity index (χ4n) is 11.7. The largest absolute Gasteiger partial charge is 0.497 e. The first-order chi connectivity index (χ1) is 39.5. The lowest BCUT2D eigenvalue weighted by Gasteiger charge is -2.59. The number of rotatable bonds is 33. The molecule has 438 valence electrons. The predicted molar refractivity (Wildman–Crippen MR) is 307 cm³/mol. The van der Waals surface area contributed by atoms with E-state index < -0.39 is 46.6 Å². The van der Waals surface area contributed by atoms with Gasteiger partial charge in [-0.25, -0.2) is 14.0 Å². The zero-order valence-corrected chi connectivity index (χ0v) is 47.2. The molecule has 3 N–H and O–H groups in total. The van der Waals surface area contributed by atoms with Gasteiger partial charge in [-0.1, -0.05) is 107 Å². The van der Waals surface area contributed by atoms with Gasteiger partial charge in [-0.05, 0) is 115 Å². The van der Waals surface area contributed by atoms with Gasteiger partial charge in [0.2, 0.25) is 5.79 Å². The number of halogens is 1. The van der Waals surface area contributed by atoms with Crippen LogP contribution in [0.3, 0.4) is 0 Å². The monoisotopic (exact) mass is 1120 g/mol. The van der Waals surface area contributed by atoms with Crippen LogP contribution in [0.1, 0.15) is 139 Å². The predicted octanol–water partition coefficient (Wildman–Crippen LogP) is 13.8. The number of oxime groups is 1. The fourth-order valence-corrected chi connectivity index (χ4v) is 11.7. The number of nitro benzene ring substituents is 1. The number of ether oxygens (including phenoxy) is 6. The number of non-ortho nitro benzene ring substituents is 1. The van der Waals surface area contributed by atoms with Crippen molar-refractivity contribution in [2.24, 2.45) is 22.9 Å². The lowest BCUT2D eigenvalue weighted by Crippen LogP contribution is -2.70. The number of hydrogen-bond acceptors (Lipinski definition) is 14. The molecule has 2 aliphatic carbocycles. The molecule has 0 radical (unpaired) electrons. The van der Waals surface area contributed by atoms with Crippen LogP contribution in [-0.4, -0.2) is 90.4 Å². The normalized spacial score (nSPS) is 20.2. The second-order valence-electron chi connectivity index (χ2n) is 21.1. The molecule has 4 aromatic rings. The molecular weight excluding hydrogens is 1040 g/mol. The zero-order valence-electron chi connectivity index (χ0n) is 47.2. The molecular formula is C63H81FN4O13. The van der Waals surface area contributed by atoms with Crippen LogP contribution in [-0.2, 0) is 27.5 Å². The molecule has 0 saturated heterocycles. The van der Waals surface area contributed by atoms with E-state index in [1.54, 1.807) is 71.6 Å². The number of nitrogens with zero attached hydrogens (tertiary/aromatic N) is 3. The van der Waals surface area contributed by atoms with E-state index in [0.717, 1.165) is 24.8 Å². The van der Waals surface area contributed by atoms with Crippen molar-refractivity contribution in [2.75, 3.05) is 46.0 Å². The van der Waals surface area contributed by atoms with E-state index in [0.29, 0.717) is 90.3 Å². The van der Waals surface area contributed by atoms with Crippen molar-refractivity contribution in [3.8, 4) is 23.0 Å². The van der Waals surface area contributed by atoms with Gasteiger partial charge < -0.3 is 43.5 Å². The Morgan fingerprint density at radius 1 is 0.852 bits per heavy atom. The molecule has 4 aromatic carbocycles. The van der Waals surface area contributed by atoms with Crippen LogP contribution in [0.4, 0.5) is 25.4 Å². The van der Waals surface area contributed by atoms with Crippen molar-refractivity contribution in [3.05, 3.63) is 142 Å². The molecule has 3 aliphatic rings. The fraction of sp³-hybridized carbons (Fsp3) is 0.508. The molecule has 1 aliphatic heterocycles. The molecule has 0 spiro atoms. The lowest BCUT2D eigenvalue weighted by atomic mass is 9.55. The van der Waals surface area contributed by atoms with Crippen LogP contribution in [0.2, 0.25) is 0 Å². The summed E-state index contributed by atoms with van der Waals surface area (Å²) in [5, 5.41) is 39.4. The minimum Gasteiger partial charge on any atom is -0.497 e. The van der Waals surface area contributed by atoms with E-state index in [-0.39, 0.29) is 69.3 Å². The summed E-state index contributed by atoms with van der Waals surface area (Å²) in [5.74, 6) is -2.10. The molecule has 1 heterocycles. The van der Waals surface area contributed by atoms with Crippen molar-refractivity contribution in [2.45, 2.75) is 147 Å². The molecule has 0 aromatic heterocycles. The number of aliphatic hydroxyl groups is 2. The van der Waals surface area contributed by atoms with Crippen LogP contribution >= 0.6 is 0 Å². The van der Waals surface area contributed by atoms with E-state index in [1.165, 1.54) is 77.0 Å². The average molecular weight is 1120 g/mol. The van der Waals surface area contributed by atoms with Crippen LogP contribution in [0.15, 0.2) is 114 Å². The Kier molecular flexibility index (Phi) is 23.8. The Balaban J connectivity index is 1.34. The minimum absolute atomic E-state index is 0.00517. The maximum atomic E-state index is 15.2. The Hall–Kier alpha value is -7.02. The maximum absolute atomic E-state index is 15.2. The number of nitrogens with one attached hydrogen (secondary N) is 1. The van der Waals surface area contributed by atoms with Crippen molar-refractivity contribution in [1.29, 1.82) is 0 Å². The van der Waals surface area contributed by atoms with Gasteiger partial charge in [-0.3, -0.25) is 20.3 Å². The highest BCUT2D eigenvalue weighted by atomic mass is 19.1. The summed E-state index contributed by atoms with van der Waals surface area (Å²) in [5.41, 5.74) is 3.49. The highest BCUT2D eigenvalue weighted by Crippen LogP contribution is 2.62. The first kappa shape index (κ1) is 61.6. The van der Waals surface area contributed by atoms with Crippen LogP contribution in [0.5, 0.6) is 23.0 Å². The van der Waals surface area contributed by atoms with Gasteiger partial charge in [0.05, 0.1) is 49.7 Å². The average Bonchev–Trinajstić information content (AvgIpc) is 3.66. The van der Waals surface area contributed by atoms with Crippen LogP contribution < -0.4 is 24.3 Å². The highest BCUT2D eigenvalue weighted by Gasteiger charge is 2.66. The molecule has 2 amide bonds. The van der Waals surface area contributed by atoms with Gasteiger partial charge in [0.15, 0.2) is 0 Å².